The molecule has 2 aromatic heterocycles. The lowest BCUT2D eigenvalue weighted by Gasteiger charge is -2.16. The van der Waals surface area contributed by atoms with Crippen molar-refractivity contribution in [3.05, 3.63) is 182 Å². The molecule has 0 radical (unpaired) electrons. The normalized spacial score (nSPS) is 11.5. The van der Waals surface area contributed by atoms with Crippen LogP contribution in [-0.2, 0) is 0 Å². The largest absolute Gasteiger partial charge is 0.256 e. The standard InChI is InChI=1S/C48H30N4/c1-2-12-31(13-3-1)33-22-25-34(26-23-33)46-50-47(36-27-24-32-14-4-5-15-35(32)28-36)52-48(51-46)41-19-9-7-17-39(41)43-29-37-30-49-44-21-11-10-20-42(44)45(37)40-18-8-6-16-38(40)43/h1-30H. The summed E-state index contributed by atoms with van der Waals surface area (Å²) in [4.78, 5) is 20.3. The first kappa shape index (κ1) is 29.8. The molecule has 0 fully saturated rings. The van der Waals surface area contributed by atoms with Gasteiger partial charge < -0.3 is 0 Å². The molecule has 0 bridgehead atoms. The monoisotopic (exact) mass is 662 g/mol. The zero-order chi connectivity index (χ0) is 34.4. The third-order valence-corrected chi connectivity index (χ3v) is 9.94. The fourth-order valence-electron chi connectivity index (χ4n) is 7.40. The van der Waals surface area contributed by atoms with E-state index in [1.807, 2.05) is 18.3 Å². The van der Waals surface area contributed by atoms with Crippen molar-refractivity contribution in [3.8, 4) is 56.4 Å². The predicted molar refractivity (Wildman–Crippen MR) is 215 cm³/mol. The Balaban J connectivity index is 1.19. The summed E-state index contributed by atoms with van der Waals surface area (Å²) in [5.41, 5.74) is 8.27. The maximum atomic E-state index is 5.21. The molecule has 52 heavy (non-hydrogen) atoms. The highest BCUT2D eigenvalue weighted by atomic mass is 15.0. The fraction of sp³-hybridized carbons (Fsp3) is 0. The molecule has 0 N–H and O–H groups in total. The average Bonchev–Trinajstić information content (AvgIpc) is 3.23. The number of hydrogen-bond donors (Lipinski definition) is 0. The van der Waals surface area contributed by atoms with Gasteiger partial charge in [-0.15, -0.1) is 0 Å². The van der Waals surface area contributed by atoms with Crippen molar-refractivity contribution in [2.45, 2.75) is 0 Å². The summed E-state index contributed by atoms with van der Waals surface area (Å²) in [6.45, 7) is 0. The molecule has 0 aliphatic heterocycles. The molecule has 2 heterocycles. The maximum Gasteiger partial charge on any atom is 0.164 e. The Bertz CT molecular complexity index is 2950. The zero-order valence-corrected chi connectivity index (χ0v) is 28.1. The Labute approximate surface area is 300 Å². The quantitative estimate of drug-likeness (QED) is 0.172. The van der Waals surface area contributed by atoms with Gasteiger partial charge in [0.15, 0.2) is 17.5 Å². The lowest BCUT2D eigenvalue weighted by molar-refractivity contribution is 1.07. The average molecular weight is 663 g/mol. The van der Waals surface area contributed by atoms with Crippen LogP contribution in [0.1, 0.15) is 0 Å². The Hall–Kier alpha value is -7.04. The number of pyridine rings is 1. The van der Waals surface area contributed by atoms with Gasteiger partial charge in [0.05, 0.1) is 5.52 Å². The topological polar surface area (TPSA) is 51.6 Å². The van der Waals surface area contributed by atoms with Crippen LogP contribution in [0.25, 0.3) is 99.6 Å². The molecule has 0 saturated carbocycles. The van der Waals surface area contributed by atoms with E-state index in [2.05, 4.69) is 164 Å². The molecule has 10 rings (SSSR count). The summed E-state index contributed by atoms with van der Waals surface area (Å²) >= 11 is 0. The van der Waals surface area contributed by atoms with Crippen molar-refractivity contribution in [1.29, 1.82) is 0 Å². The highest BCUT2D eigenvalue weighted by Gasteiger charge is 2.19. The molecule has 8 aromatic carbocycles. The zero-order valence-electron chi connectivity index (χ0n) is 28.1. The van der Waals surface area contributed by atoms with Crippen LogP contribution in [0.3, 0.4) is 0 Å². The van der Waals surface area contributed by atoms with E-state index in [-0.39, 0.29) is 0 Å². The number of para-hydroxylation sites is 1. The minimum Gasteiger partial charge on any atom is -0.256 e. The van der Waals surface area contributed by atoms with Crippen LogP contribution in [0.15, 0.2) is 182 Å². The van der Waals surface area contributed by atoms with Crippen molar-refractivity contribution in [1.82, 2.24) is 19.9 Å². The second-order valence-corrected chi connectivity index (χ2v) is 13.1. The summed E-state index contributed by atoms with van der Waals surface area (Å²) < 4.78 is 0. The van der Waals surface area contributed by atoms with Gasteiger partial charge in [0, 0.05) is 39.0 Å². The summed E-state index contributed by atoms with van der Waals surface area (Å²) in [6.07, 6.45) is 1.99. The molecule has 4 heteroatoms. The number of nitrogens with zero attached hydrogens (tertiary/aromatic N) is 4. The van der Waals surface area contributed by atoms with Crippen molar-refractivity contribution in [2.75, 3.05) is 0 Å². The summed E-state index contributed by atoms with van der Waals surface area (Å²) in [6, 6.07) is 61.4. The molecule has 0 aliphatic rings. The number of aromatic nitrogens is 4. The molecule has 0 amide bonds. The van der Waals surface area contributed by atoms with Crippen LogP contribution >= 0.6 is 0 Å². The Morgan fingerprint density at radius 2 is 0.885 bits per heavy atom. The summed E-state index contributed by atoms with van der Waals surface area (Å²) in [7, 11) is 0. The first-order chi connectivity index (χ1) is 25.8. The highest BCUT2D eigenvalue weighted by molar-refractivity contribution is 6.22. The molecule has 242 valence electrons. The predicted octanol–water partition coefficient (Wildman–Crippen LogP) is 12.2. The second kappa shape index (κ2) is 12.4. The smallest absolute Gasteiger partial charge is 0.164 e. The Kier molecular flexibility index (Phi) is 7.10. The fourth-order valence-corrected chi connectivity index (χ4v) is 7.40. The molecule has 0 unspecified atom stereocenters. The second-order valence-electron chi connectivity index (χ2n) is 13.1. The van der Waals surface area contributed by atoms with E-state index in [1.165, 1.54) is 27.1 Å². The van der Waals surface area contributed by atoms with E-state index in [4.69, 9.17) is 19.9 Å². The lowest BCUT2D eigenvalue weighted by Crippen LogP contribution is -2.01. The molecule has 10 aromatic rings. The lowest BCUT2D eigenvalue weighted by atomic mass is 9.90. The van der Waals surface area contributed by atoms with Crippen LogP contribution in [0.4, 0.5) is 0 Å². The van der Waals surface area contributed by atoms with E-state index in [0.29, 0.717) is 17.5 Å². The third-order valence-electron chi connectivity index (χ3n) is 9.94. The van der Waals surface area contributed by atoms with E-state index < -0.39 is 0 Å². The summed E-state index contributed by atoms with van der Waals surface area (Å²) in [5, 5.41) is 8.12. The van der Waals surface area contributed by atoms with Gasteiger partial charge in [0.25, 0.3) is 0 Å². The number of rotatable bonds is 5. The SMILES string of the molecule is c1ccc(-c2ccc(-c3nc(-c4ccc5ccccc5c4)nc(-c4ccccc4-c4cc5cnc6ccccc6c5c5ccccc45)n3)cc2)cc1. The molecule has 0 spiro atoms. The van der Waals surface area contributed by atoms with Gasteiger partial charge >= 0.3 is 0 Å². The van der Waals surface area contributed by atoms with Crippen molar-refractivity contribution in [3.63, 3.8) is 0 Å². The van der Waals surface area contributed by atoms with E-state index in [1.54, 1.807) is 0 Å². The molecule has 0 saturated heterocycles. The number of hydrogen-bond acceptors (Lipinski definition) is 4. The first-order valence-electron chi connectivity index (χ1n) is 17.5. The molecular formula is C48H30N4. The van der Waals surface area contributed by atoms with Gasteiger partial charge in [-0.05, 0) is 62.0 Å². The molecule has 0 aliphatic carbocycles. The summed E-state index contributed by atoms with van der Waals surface area (Å²) in [5.74, 6) is 1.88. The van der Waals surface area contributed by atoms with Crippen LogP contribution < -0.4 is 0 Å². The van der Waals surface area contributed by atoms with Gasteiger partial charge in [0.2, 0.25) is 0 Å². The number of benzene rings is 8. The minimum atomic E-state index is 0.622. The van der Waals surface area contributed by atoms with Gasteiger partial charge in [0.1, 0.15) is 0 Å². The van der Waals surface area contributed by atoms with Gasteiger partial charge in [-0.3, -0.25) is 4.98 Å². The van der Waals surface area contributed by atoms with Crippen LogP contribution in [0, 0.1) is 0 Å². The molecular weight excluding hydrogens is 633 g/mol. The van der Waals surface area contributed by atoms with Crippen LogP contribution in [-0.4, -0.2) is 19.9 Å². The van der Waals surface area contributed by atoms with E-state index >= 15 is 0 Å². The van der Waals surface area contributed by atoms with Crippen molar-refractivity contribution < 1.29 is 0 Å². The van der Waals surface area contributed by atoms with Crippen molar-refractivity contribution >= 4 is 43.2 Å². The van der Waals surface area contributed by atoms with Gasteiger partial charge in [-0.1, -0.05) is 158 Å². The van der Waals surface area contributed by atoms with Gasteiger partial charge in [-0.2, -0.15) is 0 Å². The third kappa shape index (κ3) is 5.17. The van der Waals surface area contributed by atoms with E-state index in [9.17, 15) is 0 Å². The first-order valence-corrected chi connectivity index (χ1v) is 17.5. The van der Waals surface area contributed by atoms with Crippen molar-refractivity contribution in [2.24, 2.45) is 0 Å². The van der Waals surface area contributed by atoms with Gasteiger partial charge in [-0.25, -0.2) is 15.0 Å². The van der Waals surface area contributed by atoms with Crippen LogP contribution in [0.5, 0.6) is 0 Å². The molecule has 4 nitrogen and oxygen atoms in total. The Morgan fingerprint density at radius 1 is 0.308 bits per heavy atom. The maximum absolute atomic E-state index is 5.21. The molecule has 0 atom stereocenters. The Morgan fingerprint density at radius 3 is 1.71 bits per heavy atom. The van der Waals surface area contributed by atoms with Crippen LogP contribution in [0.2, 0.25) is 0 Å². The highest BCUT2D eigenvalue weighted by Crippen LogP contribution is 2.41. The van der Waals surface area contributed by atoms with E-state index in [0.717, 1.165) is 55.1 Å². The minimum absolute atomic E-state index is 0.622. The number of fused-ring (bicyclic) bond motifs is 6.